The van der Waals surface area contributed by atoms with Crippen molar-refractivity contribution in [2.75, 3.05) is 6.54 Å². The first kappa shape index (κ1) is 13.4. The van der Waals surface area contributed by atoms with E-state index in [1.54, 1.807) is 0 Å². The number of nitrogens with zero attached hydrogens (tertiary/aromatic N) is 2. The Morgan fingerprint density at radius 1 is 1.33 bits per heavy atom. The van der Waals surface area contributed by atoms with Gasteiger partial charge in [-0.15, -0.1) is 0 Å². The van der Waals surface area contributed by atoms with Crippen LogP contribution in [0.15, 0.2) is 12.3 Å². The van der Waals surface area contributed by atoms with Gasteiger partial charge in [0.05, 0.1) is 0 Å². The fraction of sp³-hybridized carbons (Fsp3) is 0.750. The first-order chi connectivity index (χ1) is 8.55. The largest absolute Gasteiger partial charge is 0.435 e. The van der Waals surface area contributed by atoms with E-state index in [4.69, 9.17) is 0 Å². The third kappa shape index (κ3) is 3.73. The summed E-state index contributed by atoms with van der Waals surface area (Å²) >= 11 is 0. The van der Waals surface area contributed by atoms with Crippen molar-refractivity contribution in [3.63, 3.8) is 0 Å². The molecule has 2 rings (SSSR count). The molecule has 0 aromatic carbocycles. The van der Waals surface area contributed by atoms with Gasteiger partial charge in [-0.3, -0.25) is 4.68 Å². The van der Waals surface area contributed by atoms with Crippen LogP contribution >= 0.6 is 0 Å². The van der Waals surface area contributed by atoms with Gasteiger partial charge < -0.3 is 5.32 Å². The molecule has 3 nitrogen and oxygen atoms in total. The fourth-order valence-electron chi connectivity index (χ4n) is 2.31. The predicted octanol–water partition coefficient (Wildman–Crippen LogP) is 2.82. The van der Waals surface area contributed by atoms with Crippen molar-refractivity contribution >= 4 is 0 Å². The Bertz CT molecular complexity index is 367. The van der Waals surface area contributed by atoms with Gasteiger partial charge in [-0.25, -0.2) is 0 Å². The molecule has 1 aliphatic rings. The summed E-state index contributed by atoms with van der Waals surface area (Å²) in [5.41, 5.74) is -0.814. The van der Waals surface area contributed by atoms with E-state index in [2.05, 4.69) is 10.4 Å². The second-order valence-electron chi connectivity index (χ2n) is 4.75. The third-order valence-electron chi connectivity index (χ3n) is 3.28. The van der Waals surface area contributed by atoms with Crippen molar-refractivity contribution in [1.29, 1.82) is 0 Å². The second-order valence-corrected chi connectivity index (χ2v) is 4.75. The number of hydrogen-bond acceptors (Lipinski definition) is 2. The molecule has 0 bridgehead atoms. The molecule has 1 aliphatic carbocycles. The van der Waals surface area contributed by atoms with E-state index < -0.39 is 11.9 Å². The number of alkyl halides is 3. The average Bonchev–Trinajstić information content (AvgIpc) is 2.95. The lowest BCUT2D eigenvalue weighted by Gasteiger charge is -2.11. The number of hydrogen-bond donors (Lipinski definition) is 1. The summed E-state index contributed by atoms with van der Waals surface area (Å²) in [5.74, 6) is 0. The zero-order valence-corrected chi connectivity index (χ0v) is 10.2. The quantitative estimate of drug-likeness (QED) is 0.826. The maximum atomic E-state index is 12.3. The lowest BCUT2D eigenvalue weighted by atomic mass is 10.2. The van der Waals surface area contributed by atoms with Crippen molar-refractivity contribution in [1.82, 2.24) is 15.1 Å². The Balaban J connectivity index is 1.68. The van der Waals surface area contributed by atoms with Gasteiger partial charge in [0.1, 0.15) is 0 Å². The highest BCUT2D eigenvalue weighted by Crippen LogP contribution is 2.27. The summed E-state index contributed by atoms with van der Waals surface area (Å²) in [4.78, 5) is 0. The molecule has 0 unspecified atom stereocenters. The van der Waals surface area contributed by atoms with Gasteiger partial charge in [-0.05, 0) is 31.9 Å². The average molecular weight is 261 g/mol. The predicted molar refractivity (Wildman–Crippen MR) is 62.1 cm³/mol. The summed E-state index contributed by atoms with van der Waals surface area (Å²) in [5, 5.41) is 6.94. The minimum absolute atomic E-state index is 0.524. The highest BCUT2D eigenvalue weighted by Gasteiger charge is 2.33. The van der Waals surface area contributed by atoms with Crippen molar-refractivity contribution < 1.29 is 13.2 Å². The SMILES string of the molecule is FC(F)(F)c1ccn(CCCNC2CCCC2)n1. The zero-order chi connectivity index (χ0) is 13.0. The molecular formula is C12H18F3N3. The van der Waals surface area contributed by atoms with Gasteiger partial charge in [0.15, 0.2) is 5.69 Å². The van der Waals surface area contributed by atoms with Crippen LogP contribution in [0.2, 0.25) is 0 Å². The van der Waals surface area contributed by atoms with Crippen LogP contribution in [-0.2, 0) is 12.7 Å². The summed E-state index contributed by atoms with van der Waals surface area (Å²) in [6.45, 7) is 1.36. The molecule has 0 aliphatic heterocycles. The van der Waals surface area contributed by atoms with Crippen LogP contribution < -0.4 is 5.32 Å². The molecule has 0 radical (unpaired) electrons. The van der Waals surface area contributed by atoms with Gasteiger partial charge in [-0.1, -0.05) is 12.8 Å². The van der Waals surface area contributed by atoms with Crippen LogP contribution in [0.3, 0.4) is 0 Å². The Hall–Kier alpha value is -1.04. The van der Waals surface area contributed by atoms with E-state index >= 15 is 0 Å². The van der Waals surface area contributed by atoms with E-state index in [0.29, 0.717) is 12.6 Å². The lowest BCUT2D eigenvalue weighted by Crippen LogP contribution is -2.27. The van der Waals surface area contributed by atoms with Crippen LogP contribution in [0, 0.1) is 0 Å². The second kappa shape index (κ2) is 5.73. The molecule has 0 amide bonds. The monoisotopic (exact) mass is 261 g/mol. The molecular weight excluding hydrogens is 243 g/mol. The summed E-state index contributed by atoms with van der Waals surface area (Å²) in [6.07, 6.45) is 2.86. The molecule has 1 saturated carbocycles. The number of rotatable bonds is 5. The van der Waals surface area contributed by atoms with E-state index in [0.717, 1.165) is 19.0 Å². The van der Waals surface area contributed by atoms with Crippen molar-refractivity contribution in [3.05, 3.63) is 18.0 Å². The molecule has 1 heterocycles. The smallest absolute Gasteiger partial charge is 0.314 e. The molecule has 1 aromatic heterocycles. The lowest BCUT2D eigenvalue weighted by molar-refractivity contribution is -0.141. The van der Waals surface area contributed by atoms with E-state index in [1.807, 2.05) is 0 Å². The van der Waals surface area contributed by atoms with Gasteiger partial charge in [-0.2, -0.15) is 18.3 Å². The standard InChI is InChI=1S/C12H18F3N3/c13-12(14,15)11-6-9-18(17-11)8-3-7-16-10-4-1-2-5-10/h6,9-10,16H,1-5,7-8H2. The minimum atomic E-state index is -4.34. The molecule has 0 atom stereocenters. The Morgan fingerprint density at radius 3 is 2.67 bits per heavy atom. The van der Waals surface area contributed by atoms with Crippen LogP contribution in [0.5, 0.6) is 0 Å². The topological polar surface area (TPSA) is 29.9 Å². The first-order valence-corrected chi connectivity index (χ1v) is 6.40. The number of halogens is 3. The molecule has 1 N–H and O–H groups in total. The van der Waals surface area contributed by atoms with Gasteiger partial charge in [0, 0.05) is 18.8 Å². The summed E-state index contributed by atoms with van der Waals surface area (Å²) in [6, 6.07) is 1.62. The minimum Gasteiger partial charge on any atom is -0.314 e. The summed E-state index contributed by atoms with van der Waals surface area (Å²) in [7, 11) is 0. The zero-order valence-electron chi connectivity index (χ0n) is 10.2. The molecule has 6 heteroatoms. The molecule has 0 saturated heterocycles. The maximum absolute atomic E-state index is 12.3. The Kier molecular flexibility index (Phi) is 4.27. The van der Waals surface area contributed by atoms with E-state index in [1.165, 1.54) is 36.6 Å². The van der Waals surface area contributed by atoms with E-state index in [-0.39, 0.29) is 0 Å². The third-order valence-corrected chi connectivity index (χ3v) is 3.28. The molecule has 1 fully saturated rings. The van der Waals surface area contributed by atoms with Crippen LogP contribution in [0.4, 0.5) is 13.2 Å². The molecule has 0 spiro atoms. The van der Waals surface area contributed by atoms with Crippen molar-refractivity contribution in [2.45, 2.75) is 50.9 Å². The van der Waals surface area contributed by atoms with Crippen LogP contribution in [0.25, 0.3) is 0 Å². The van der Waals surface area contributed by atoms with Crippen molar-refractivity contribution in [2.24, 2.45) is 0 Å². The molecule has 1 aromatic rings. The van der Waals surface area contributed by atoms with E-state index in [9.17, 15) is 13.2 Å². The van der Waals surface area contributed by atoms with Crippen LogP contribution in [0.1, 0.15) is 37.8 Å². The first-order valence-electron chi connectivity index (χ1n) is 6.40. The van der Waals surface area contributed by atoms with Crippen molar-refractivity contribution in [3.8, 4) is 0 Å². The molecule has 102 valence electrons. The van der Waals surface area contributed by atoms with Gasteiger partial charge >= 0.3 is 6.18 Å². The van der Waals surface area contributed by atoms with Crippen LogP contribution in [-0.4, -0.2) is 22.4 Å². The molecule has 18 heavy (non-hydrogen) atoms. The maximum Gasteiger partial charge on any atom is 0.435 e. The normalized spacial score (nSPS) is 17.5. The summed E-state index contributed by atoms with van der Waals surface area (Å²) < 4.78 is 38.3. The van der Waals surface area contributed by atoms with Gasteiger partial charge in [0.2, 0.25) is 0 Å². The number of nitrogens with one attached hydrogen (secondary N) is 1. The number of aryl methyl sites for hydroxylation is 1. The highest BCUT2D eigenvalue weighted by atomic mass is 19.4. The Labute approximate surface area is 104 Å². The fourth-order valence-corrected chi connectivity index (χ4v) is 2.31. The van der Waals surface area contributed by atoms with Gasteiger partial charge in [0.25, 0.3) is 0 Å². The highest BCUT2D eigenvalue weighted by molar-refractivity contribution is 5.03. The Morgan fingerprint density at radius 2 is 2.06 bits per heavy atom. The number of aromatic nitrogens is 2.